The highest BCUT2D eigenvalue weighted by Crippen LogP contribution is 2.22. The topological polar surface area (TPSA) is 29.5 Å². The van der Waals surface area contributed by atoms with Crippen molar-refractivity contribution in [1.29, 1.82) is 0 Å². The van der Waals surface area contributed by atoms with E-state index in [1.165, 1.54) is 7.11 Å². The van der Waals surface area contributed by atoms with E-state index in [9.17, 15) is 0 Å². The van der Waals surface area contributed by atoms with E-state index in [0.717, 1.165) is 0 Å². The van der Waals surface area contributed by atoms with Gasteiger partial charge in [-0.3, -0.25) is 0 Å². The van der Waals surface area contributed by atoms with E-state index in [4.69, 9.17) is 9.84 Å². The van der Waals surface area contributed by atoms with Gasteiger partial charge in [0.25, 0.3) is 0 Å². The second-order valence-corrected chi connectivity index (χ2v) is 1.67. The van der Waals surface area contributed by atoms with Crippen LogP contribution in [0.5, 0.6) is 11.5 Å². The summed E-state index contributed by atoms with van der Waals surface area (Å²) in [5, 5.41) is 8.99. The van der Waals surface area contributed by atoms with Crippen LogP contribution in [-0.2, 0) is 0 Å². The number of rotatable bonds is 1. The average molecular weight is 172 g/mol. The number of ether oxygens (including phenoxy) is 1. The van der Waals surface area contributed by atoms with Crippen molar-refractivity contribution >= 4 is 12.6 Å². The minimum atomic E-state index is 0.181. The number of phenols is 1. The molecule has 1 aromatic carbocycles. The van der Waals surface area contributed by atoms with Gasteiger partial charge < -0.3 is 9.84 Å². The molecule has 0 radical (unpaired) electrons. The fourth-order valence-electron chi connectivity index (χ4n) is 0.630. The fourth-order valence-corrected chi connectivity index (χ4v) is 0.630. The zero-order chi connectivity index (χ0) is 8.69. The quantitative estimate of drug-likeness (QED) is 0.634. The third-order valence-corrected chi connectivity index (χ3v) is 1.09. The molecule has 62 valence electrons. The molecule has 1 rings (SSSR count). The van der Waals surface area contributed by atoms with Crippen LogP contribution >= 0.6 is 12.6 Å². The van der Waals surface area contributed by atoms with Gasteiger partial charge in [0.15, 0.2) is 11.5 Å². The van der Waals surface area contributed by atoms with E-state index in [0.29, 0.717) is 5.75 Å². The second-order valence-electron chi connectivity index (χ2n) is 1.67. The van der Waals surface area contributed by atoms with E-state index in [1.807, 2.05) is 0 Å². The molecule has 0 atom stereocenters. The Bertz CT molecular complexity index is 201. The predicted octanol–water partition coefficient (Wildman–Crippen LogP) is 1.95. The lowest BCUT2D eigenvalue weighted by Gasteiger charge is -1.99. The van der Waals surface area contributed by atoms with Crippen molar-refractivity contribution in [3.8, 4) is 11.5 Å². The van der Waals surface area contributed by atoms with E-state index in [-0.39, 0.29) is 5.75 Å². The number of methoxy groups -OCH3 is 1. The maximum atomic E-state index is 8.99. The summed E-state index contributed by atoms with van der Waals surface area (Å²) < 4.78 is 4.79. The van der Waals surface area contributed by atoms with E-state index >= 15 is 0 Å². The highest BCUT2D eigenvalue weighted by Gasteiger charge is 1.94. The highest BCUT2D eigenvalue weighted by molar-refractivity contribution is 7.79. The van der Waals surface area contributed by atoms with Crippen LogP contribution < -0.4 is 4.74 Å². The molecule has 0 bridgehead atoms. The van der Waals surface area contributed by atoms with Gasteiger partial charge in [-0.05, 0) is 18.4 Å². The minimum absolute atomic E-state index is 0.181. The Labute approximate surface area is 72.2 Å². The largest absolute Gasteiger partial charge is 0.504 e. The molecule has 0 fully saturated rings. The number of benzene rings is 1. The number of phenolic OH excluding ortho intramolecular Hbond substituents is 1. The van der Waals surface area contributed by atoms with Crippen LogP contribution in [0.25, 0.3) is 0 Å². The zero-order valence-electron chi connectivity index (χ0n) is 6.61. The number of para-hydroxylation sites is 2. The molecule has 1 aromatic rings. The van der Waals surface area contributed by atoms with Crippen LogP contribution in [0.1, 0.15) is 0 Å². The van der Waals surface area contributed by atoms with Gasteiger partial charge in [0, 0.05) is 0 Å². The summed E-state index contributed by atoms with van der Waals surface area (Å²) in [6.07, 6.45) is 1.69. The van der Waals surface area contributed by atoms with Crippen molar-refractivity contribution in [2.75, 3.05) is 13.4 Å². The van der Waals surface area contributed by atoms with Gasteiger partial charge >= 0.3 is 0 Å². The second kappa shape index (κ2) is 5.92. The van der Waals surface area contributed by atoms with Gasteiger partial charge in [-0.2, -0.15) is 12.6 Å². The summed E-state index contributed by atoms with van der Waals surface area (Å²) in [6.45, 7) is 0. The van der Waals surface area contributed by atoms with Crippen molar-refractivity contribution in [3.63, 3.8) is 0 Å². The van der Waals surface area contributed by atoms with Crippen LogP contribution in [0.15, 0.2) is 24.3 Å². The minimum Gasteiger partial charge on any atom is -0.504 e. The summed E-state index contributed by atoms with van der Waals surface area (Å²) in [5.41, 5.74) is 0. The predicted molar refractivity (Wildman–Crippen MR) is 49.6 cm³/mol. The van der Waals surface area contributed by atoms with Gasteiger partial charge in [-0.1, -0.05) is 12.1 Å². The summed E-state index contributed by atoms with van der Waals surface area (Å²) in [4.78, 5) is 0. The molecule has 0 amide bonds. The lowest BCUT2D eigenvalue weighted by atomic mass is 10.3. The molecule has 0 aliphatic carbocycles. The lowest BCUT2D eigenvalue weighted by molar-refractivity contribution is 0.373. The highest BCUT2D eigenvalue weighted by atomic mass is 32.1. The van der Waals surface area contributed by atoms with Crippen molar-refractivity contribution in [2.24, 2.45) is 0 Å². The summed E-state index contributed by atoms with van der Waals surface area (Å²) in [7, 11) is 1.52. The Hall–Kier alpha value is -0.830. The molecule has 0 heterocycles. The molecule has 3 heteroatoms. The lowest BCUT2D eigenvalue weighted by Crippen LogP contribution is -1.80. The fraction of sp³-hybridized carbons (Fsp3) is 0.250. The van der Waals surface area contributed by atoms with Crippen molar-refractivity contribution in [2.45, 2.75) is 0 Å². The van der Waals surface area contributed by atoms with Crippen LogP contribution in [0.3, 0.4) is 0 Å². The number of aromatic hydroxyl groups is 1. The SMILES string of the molecule is COc1ccccc1O.CS. The standard InChI is InChI=1S/C7H8O2.CH4S/c1-9-7-5-3-2-4-6(7)8;1-2/h2-5,8H,1H3;2H,1H3. The van der Waals surface area contributed by atoms with E-state index < -0.39 is 0 Å². The molecule has 0 saturated carbocycles. The van der Waals surface area contributed by atoms with Gasteiger partial charge in [-0.25, -0.2) is 0 Å². The number of hydrogen-bond acceptors (Lipinski definition) is 3. The first-order valence-electron chi connectivity index (χ1n) is 3.11. The van der Waals surface area contributed by atoms with Crippen molar-refractivity contribution in [3.05, 3.63) is 24.3 Å². The summed E-state index contributed by atoms with van der Waals surface area (Å²) >= 11 is 3.53. The Morgan fingerprint density at radius 1 is 1.27 bits per heavy atom. The van der Waals surface area contributed by atoms with Crippen LogP contribution in [-0.4, -0.2) is 18.5 Å². The van der Waals surface area contributed by atoms with E-state index in [1.54, 1.807) is 30.5 Å². The van der Waals surface area contributed by atoms with Gasteiger partial charge in [0.1, 0.15) is 0 Å². The first-order valence-corrected chi connectivity index (χ1v) is 4.00. The van der Waals surface area contributed by atoms with Crippen molar-refractivity contribution in [1.82, 2.24) is 0 Å². The Morgan fingerprint density at radius 2 is 1.82 bits per heavy atom. The average Bonchev–Trinajstić information content (AvgIpc) is 2.09. The summed E-state index contributed by atoms with van der Waals surface area (Å²) in [5.74, 6) is 0.692. The van der Waals surface area contributed by atoms with Gasteiger partial charge in [0.05, 0.1) is 7.11 Å². The molecule has 0 aromatic heterocycles. The zero-order valence-corrected chi connectivity index (χ0v) is 7.51. The normalized spacial score (nSPS) is 7.91. The third kappa shape index (κ3) is 3.18. The molecule has 11 heavy (non-hydrogen) atoms. The monoisotopic (exact) mass is 172 g/mol. The smallest absolute Gasteiger partial charge is 0.160 e. The maximum Gasteiger partial charge on any atom is 0.160 e. The molecule has 0 aliphatic rings. The van der Waals surface area contributed by atoms with E-state index in [2.05, 4.69) is 12.6 Å². The number of thiol groups is 1. The molecule has 0 spiro atoms. The first-order chi connectivity index (χ1) is 5.34. The Kier molecular flexibility index (Phi) is 5.47. The first kappa shape index (κ1) is 10.2. The molecule has 0 saturated heterocycles. The Balaban J connectivity index is 0.000000461. The maximum absolute atomic E-state index is 8.99. The molecule has 0 aliphatic heterocycles. The third-order valence-electron chi connectivity index (χ3n) is 1.09. The van der Waals surface area contributed by atoms with Crippen molar-refractivity contribution < 1.29 is 9.84 Å². The Morgan fingerprint density at radius 3 is 2.18 bits per heavy atom. The molecule has 0 unspecified atom stereocenters. The molecule has 2 nitrogen and oxygen atoms in total. The summed E-state index contributed by atoms with van der Waals surface area (Å²) in [6, 6.07) is 6.84. The van der Waals surface area contributed by atoms with Gasteiger partial charge in [-0.15, -0.1) is 0 Å². The van der Waals surface area contributed by atoms with Crippen LogP contribution in [0, 0.1) is 0 Å². The van der Waals surface area contributed by atoms with Crippen LogP contribution in [0.2, 0.25) is 0 Å². The van der Waals surface area contributed by atoms with Crippen LogP contribution in [0.4, 0.5) is 0 Å². The number of hydrogen-bond donors (Lipinski definition) is 2. The molecular weight excluding hydrogens is 160 g/mol. The molecule has 1 N–H and O–H groups in total. The van der Waals surface area contributed by atoms with Gasteiger partial charge in [0.2, 0.25) is 0 Å². The molecular formula is C8H12O2S.